The number of hydrogen-bond acceptors (Lipinski definition) is 3. The van der Waals surface area contributed by atoms with Crippen LogP contribution in [0.25, 0.3) is 12.2 Å². The average molecular weight is 380 g/mol. The summed E-state index contributed by atoms with van der Waals surface area (Å²) in [6.45, 7) is 6.94. The van der Waals surface area contributed by atoms with Gasteiger partial charge in [-0.3, -0.25) is 0 Å². The Bertz CT molecular complexity index is 791. The highest BCUT2D eigenvalue weighted by Gasteiger charge is 2.28. The largest absolute Gasteiger partial charge is 0.489 e. The summed E-state index contributed by atoms with van der Waals surface area (Å²) < 4.78 is 11.6. The molecule has 1 saturated heterocycles. The lowest BCUT2D eigenvalue weighted by Crippen LogP contribution is -2.46. The molecule has 148 valence electrons. The highest BCUT2D eigenvalue weighted by Crippen LogP contribution is 2.21. The number of likely N-dealkylation sites (tertiary alicyclic amines) is 1. The van der Waals surface area contributed by atoms with Gasteiger partial charge in [-0.2, -0.15) is 0 Å². The molecule has 1 atom stereocenters. The molecule has 0 radical (unpaired) electrons. The number of amides is 1. The van der Waals surface area contributed by atoms with Crippen LogP contribution in [-0.4, -0.2) is 35.8 Å². The van der Waals surface area contributed by atoms with Crippen molar-refractivity contribution in [3.8, 4) is 5.75 Å². The monoisotopic (exact) mass is 379 g/mol. The molecule has 0 N–H and O–H groups in total. The third-order valence-electron chi connectivity index (χ3n) is 4.48. The van der Waals surface area contributed by atoms with E-state index in [1.807, 2.05) is 63.2 Å². The van der Waals surface area contributed by atoms with Gasteiger partial charge in [-0.15, -0.1) is 0 Å². The molecule has 0 aliphatic carbocycles. The summed E-state index contributed by atoms with van der Waals surface area (Å²) in [7, 11) is 0. The van der Waals surface area contributed by atoms with E-state index in [1.54, 1.807) is 4.90 Å². The third-order valence-corrected chi connectivity index (χ3v) is 4.48. The minimum absolute atomic E-state index is 0.00743. The van der Waals surface area contributed by atoms with Crippen molar-refractivity contribution < 1.29 is 14.3 Å². The zero-order chi connectivity index (χ0) is 20.0. The summed E-state index contributed by atoms with van der Waals surface area (Å²) in [5, 5.41) is 0. The summed E-state index contributed by atoms with van der Waals surface area (Å²) in [5.74, 6) is 0.827. The SMILES string of the molecule is CC(C)(C)OC(=O)N1CCC[C@@H](Oc2ccc(/C=C\c3ccccc3)cc2)C1. The fourth-order valence-electron chi connectivity index (χ4n) is 3.13. The van der Waals surface area contributed by atoms with Crippen LogP contribution in [0.4, 0.5) is 4.79 Å². The second kappa shape index (κ2) is 8.96. The Morgan fingerprint density at radius 1 is 1.00 bits per heavy atom. The maximum Gasteiger partial charge on any atom is 0.410 e. The lowest BCUT2D eigenvalue weighted by atomic mass is 10.1. The molecule has 4 heteroatoms. The number of ether oxygens (including phenoxy) is 2. The van der Waals surface area contributed by atoms with Crippen molar-refractivity contribution in [1.29, 1.82) is 0 Å². The number of piperidine rings is 1. The fraction of sp³-hybridized carbons (Fsp3) is 0.375. The van der Waals surface area contributed by atoms with Gasteiger partial charge in [-0.05, 0) is 56.9 Å². The van der Waals surface area contributed by atoms with E-state index in [0.29, 0.717) is 6.54 Å². The molecule has 2 aromatic rings. The molecule has 1 amide bonds. The summed E-state index contributed by atoms with van der Waals surface area (Å²) in [5.41, 5.74) is 1.82. The highest BCUT2D eigenvalue weighted by molar-refractivity contribution is 5.70. The van der Waals surface area contributed by atoms with E-state index in [9.17, 15) is 4.79 Å². The van der Waals surface area contributed by atoms with Gasteiger partial charge < -0.3 is 14.4 Å². The van der Waals surface area contributed by atoms with Gasteiger partial charge in [0.2, 0.25) is 0 Å². The Hall–Kier alpha value is -2.75. The molecular weight excluding hydrogens is 350 g/mol. The Morgan fingerprint density at radius 3 is 2.29 bits per heavy atom. The maximum absolute atomic E-state index is 12.3. The summed E-state index contributed by atoms with van der Waals surface area (Å²) in [6, 6.07) is 18.3. The first-order valence-electron chi connectivity index (χ1n) is 9.87. The number of nitrogens with zero attached hydrogens (tertiary/aromatic N) is 1. The van der Waals surface area contributed by atoms with Crippen LogP contribution in [0.3, 0.4) is 0 Å². The van der Waals surface area contributed by atoms with Gasteiger partial charge in [0.1, 0.15) is 17.5 Å². The van der Waals surface area contributed by atoms with E-state index in [4.69, 9.17) is 9.47 Å². The van der Waals surface area contributed by atoms with Crippen LogP contribution < -0.4 is 4.74 Å². The Labute approximate surface area is 167 Å². The number of rotatable bonds is 4. The smallest absolute Gasteiger partial charge is 0.410 e. The van der Waals surface area contributed by atoms with Crippen LogP contribution in [0.2, 0.25) is 0 Å². The number of benzene rings is 2. The van der Waals surface area contributed by atoms with Crippen molar-refractivity contribution in [2.75, 3.05) is 13.1 Å². The normalized spacial score (nSPS) is 17.5. The molecule has 0 spiro atoms. The molecule has 0 bridgehead atoms. The molecule has 1 heterocycles. The molecule has 0 unspecified atom stereocenters. The predicted molar refractivity (Wildman–Crippen MR) is 113 cm³/mol. The molecule has 4 nitrogen and oxygen atoms in total. The molecule has 1 aliphatic heterocycles. The van der Waals surface area contributed by atoms with Crippen LogP contribution in [0.1, 0.15) is 44.7 Å². The predicted octanol–water partition coefficient (Wildman–Crippen LogP) is 5.64. The van der Waals surface area contributed by atoms with E-state index in [-0.39, 0.29) is 12.2 Å². The van der Waals surface area contributed by atoms with Crippen molar-refractivity contribution >= 4 is 18.2 Å². The fourth-order valence-corrected chi connectivity index (χ4v) is 3.13. The van der Waals surface area contributed by atoms with Crippen LogP contribution in [0.15, 0.2) is 54.6 Å². The number of hydrogen-bond donors (Lipinski definition) is 0. The zero-order valence-corrected chi connectivity index (χ0v) is 16.9. The first-order chi connectivity index (χ1) is 13.4. The lowest BCUT2D eigenvalue weighted by molar-refractivity contribution is 0.00776. The molecular formula is C24H29NO3. The number of carbonyl (C=O) groups is 1. The average Bonchev–Trinajstić information content (AvgIpc) is 2.67. The van der Waals surface area contributed by atoms with Gasteiger partial charge in [-0.1, -0.05) is 54.6 Å². The summed E-state index contributed by atoms with van der Waals surface area (Å²) in [6.07, 6.45) is 5.77. The third kappa shape index (κ3) is 6.15. The highest BCUT2D eigenvalue weighted by atomic mass is 16.6. The van der Waals surface area contributed by atoms with E-state index in [0.717, 1.165) is 30.7 Å². The van der Waals surface area contributed by atoms with Crippen molar-refractivity contribution in [2.24, 2.45) is 0 Å². The van der Waals surface area contributed by atoms with Crippen LogP contribution in [-0.2, 0) is 4.74 Å². The Balaban J connectivity index is 1.55. The lowest BCUT2D eigenvalue weighted by Gasteiger charge is -2.34. The van der Waals surface area contributed by atoms with Crippen molar-refractivity contribution in [3.63, 3.8) is 0 Å². The standard InChI is InChI=1S/C24H29NO3/c1-24(2,3)28-23(26)25-17-7-10-22(18-25)27-21-15-13-20(14-16-21)12-11-19-8-5-4-6-9-19/h4-6,8-9,11-16,22H,7,10,17-18H2,1-3H3/b12-11-/t22-/m1/s1. The summed E-state index contributed by atoms with van der Waals surface area (Å²) in [4.78, 5) is 14.0. The zero-order valence-electron chi connectivity index (χ0n) is 16.9. The van der Waals surface area contributed by atoms with E-state index in [2.05, 4.69) is 24.3 Å². The van der Waals surface area contributed by atoms with Crippen molar-refractivity contribution in [1.82, 2.24) is 4.90 Å². The van der Waals surface area contributed by atoms with E-state index >= 15 is 0 Å². The summed E-state index contributed by atoms with van der Waals surface area (Å²) >= 11 is 0. The quantitative estimate of drug-likeness (QED) is 0.646. The van der Waals surface area contributed by atoms with Gasteiger partial charge in [0, 0.05) is 6.54 Å². The van der Waals surface area contributed by atoms with Gasteiger partial charge in [0.25, 0.3) is 0 Å². The molecule has 2 aromatic carbocycles. The topological polar surface area (TPSA) is 38.8 Å². The second-order valence-corrected chi connectivity index (χ2v) is 8.12. The number of carbonyl (C=O) groups excluding carboxylic acids is 1. The molecule has 0 aromatic heterocycles. The van der Waals surface area contributed by atoms with Crippen LogP contribution >= 0.6 is 0 Å². The van der Waals surface area contributed by atoms with E-state index < -0.39 is 5.60 Å². The minimum Gasteiger partial charge on any atom is -0.489 e. The Kier molecular flexibility index (Phi) is 6.40. The van der Waals surface area contributed by atoms with Crippen molar-refractivity contribution in [2.45, 2.75) is 45.3 Å². The molecule has 0 saturated carbocycles. The first kappa shape index (κ1) is 20.0. The maximum atomic E-state index is 12.3. The van der Waals surface area contributed by atoms with Gasteiger partial charge in [0.15, 0.2) is 0 Å². The van der Waals surface area contributed by atoms with Crippen LogP contribution in [0, 0.1) is 0 Å². The molecule has 28 heavy (non-hydrogen) atoms. The van der Waals surface area contributed by atoms with Crippen LogP contribution in [0.5, 0.6) is 5.75 Å². The van der Waals surface area contributed by atoms with E-state index in [1.165, 1.54) is 5.56 Å². The first-order valence-corrected chi connectivity index (χ1v) is 9.87. The van der Waals surface area contributed by atoms with Gasteiger partial charge in [0.05, 0.1) is 6.54 Å². The van der Waals surface area contributed by atoms with Gasteiger partial charge >= 0.3 is 6.09 Å². The van der Waals surface area contributed by atoms with Crippen molar-refractivity contribution in [3.05, 3.63) is 65.7 Å². The molecule has 3 rings (SSSR count). The Morgan fingerprint density at radius 2 is 1.64 bits per heavy atom. The second-order valence-electron chi connectivity index (χ2n) is 8.12. The molecule has 1 fully saturated rings. The minimum atomic E-state index is -0.478. The molecule has 1 aliphatic rings. The van der Waals surface area contributed by atoms with Gasteiger partial charge in [-0.25, -0.2) is 4.79 Å².